The van der Waals surface area contributed by atoms with E-state index in [0.29, 0.717) is 28.2 Å². The zero-order valence-corrected chi connectivity index (χ0v) is 11.0. The SMILES string of the molecule is Cc1cccc(-c2nnc3ccc(C#N)cn23)c1[N+](=O)[O-]. The summed E-state index contributed by atoms with van der Waals surface area (Å²) in [6, 6.07) is 10.3. The summed E-state index contributed by atoms with van der Waals surface area (Å²) in [7, 11) is 0. The highest BCUT2D eigenvalue weighted by Crippen LogP contribution is 2.31. The van der Waals surface area contributed by atoms with Gasteiger partial charge in [0.2, 0.25) is 0 Å². The fraction of sp³-hybridized carbons (Fsp3) is 0.0714. The van der Waals surface area contributed by atoms with E-state index in [1.165, 1.54) is 0 Å². The molecule has 7 heteroatoms. The Morgan fingerprint density at radius 2 is 2.10 bits per heavy atom. The Balaban J connectivity index is 2.34. The molecule has 0 saturated heterocycles. The maximum atomic E-state index is 11.3. The number of nitro benzene ring substituents is 1. The van der Waals surface area contributed by atoms with E-state index in [1.807, 2.05) is 6.07 Å². The third-order valence-corrected chi connectivity index (χ3v) is 3.19. The van der Waals surface area contributed by atoms with Gasteiger partial charge in [-0.3, -0.25) is 14.5 Å². The molecule has 21 heavy (non-hydrogen) atoms. The van der Waals surface area contributed by atoms with Crippen LogP contribution < -0.4 is 0 Å². The molecule has 0 unspecified atom stereocenters. The molecule has 0 bridgehead atoms. The number of para-hydroxylation sites is 1. The molecule has 1 aromatic carbocycles. The third kappa shape index (κ3) is 1.99. The second kappa shape index (κ2) is 4.68. The number of nitrogens with zero attached hydrogens (tertiary/aromatic N) is 5. The van der Waals surface area contributed by atoms with Gasteiger partial charge in [0.25, 0.3) is 5.69 Å². The molecule has 3 rings (SSSR count). The lowest BCUT2D eigenvalue weighted by molar-refractivity contribution is -0.384. The molecule has 0 N–H and O–H groups in total. The van der Waals surface area contributed by atoms with E-state index in [1.54, 1.807) is 47.9 Å². The van der Waals surface area contributed by atoms with E-state index < -0.39 is 4.92 Å². The summed E-state index contributed by atoms with van der Waals surface area (Å²) in [5, 5.41) is 28.3. The van der Waals surface area contributed by atoms with E-state index in [0.717, 1.165) is 0 Å². The number of pyridine rings is 1. The average Bonchev–Trinajstić information content (AvgIpc) is 2.89. The van der Waals surface area contributed by atoms with Gasteiger partial charge in [0.1, 0.15) is 6.07 Å². The lowest BCUT2D eigenvalue weighted by Crippen LogP contribution is -1.98. The molecule has 0 atom stereocenters. The van der Waals surface area contributed by atoms with Crippen LogP contribution in [0, 0.1) is 28.4 Å². The number of nitro groups is 1. The zero-order valence-electron chi connectivity index (χ0n) is 11.0. The van der Waals surface area contributed by atoms with Crippen LogP contribution >= 0.6 is 0 Å². The Morgan fingerprint density at radius 1 is 1.29 bits per heavy atom. The molecule has 0 aliphatic rings. The van der Waals surface area contributed by atoms with Gasteiger partial charge in [-0.15, -0.1) is 10.2 Å². The largest absolute Gasteiger partial charge is 0.283 e. The van der Waals surface area contributed by atoms with Crippen LogP contribution in [0.4, 0.5) is 5.69 Å². The molecule has 0 radical (unpaired) electrons. The average molecular weight is 279 g/mol. The summed E-state index contributed by atoms with van der Waals surface area (Å²) in [5.41, 5.74) is 1.88. The molecule has 102 valence electrons. The van der Waals surface area contributed by atoms with Crippen molar-refractivity contribution in [2.24, 2.45) is 0 Å². The van der Waals surface area contributed by atoms with Gasteiger partial charge in [0.15, 0.2) is 11.5 Å². The van der Waals surface area contributed by atoms with Crippen molar-refractivity contribution in [3.8, 4) is 17.5 Å². The van der Waals surface area contributed by atoms with Crippen molar-refractivity contribution >= 4 is 11.3 Å². The van der Waals surface area contributed by atoms with Crippen LogP contribution in [0.2, 0.25) is 0 Å². The topological polar surface area (TPSA) is 97.1 Å². The smallest absolute Gasteiger partial charge is 0.281 e. The standard InChI is InChI=1S/C14H9N5O2/c1-9-3-2-4-11(13(9)19(20)21)14-17-16-12-6-5-10(7-15)8-18(12)14/h2-6,8H,1H3. The van der Waals surface area contributed by atoms with Crippen LogP contribution in [0.25, 0.3) is 17.0 Å². The summed E-state index contributed by atoms with van der Waals surface area (Å²) in [5.74, 6) is 0.345. The van der Waals surface area contributed by atoms with Crippen LogP contribution in [0.15, 0.2) is 36.5 Å². The van der Waals surface area contributed by atoms with Gasteiger partial charge in [0, 0.05) is 11.8 Å². The number of hydrogen-bond donors (Lipinski definition) is 0. The fourth-order valence-corrected chi connectivity index (χ4v) is 2.22. The molecule has 0 fully saturated rings. The highest BCUT2D eigenvalue weighted by Gasteiger charge is 2.22. The summed E-state index contributed by atoms with van der Waals surface area (Å²) >= 11 is 0. The Morgan fingerprint density at radius 3 is 2.81 bits per heavy atom. The maximum Gasteiger partial charge on any atom is 0.283 e. The lowest BCUT2D eigenvalue weighted by atomic mass is 10.1. The summed E-state index contributed by atoms with van der Waals surface area (Å²) in [6.07, 6.45) is 1.57. The molecule has 0 aliphatic heterocycles. The highest BCUT2D eigenvalue weighted by atomic mass is 16.6. The molecular weight excluding hydrogens is 270 g/mol. The molecule has 2 aromatic heterocycles. The van der Waals surface area contributed by atoms with Gasteiger partial charge >= 0.3 is 0 Å². The van der Waals surface area contributed by atoms with Crippen LogP contribution in [-0.2, 0) is 0 Å². The number of aryl methyl sites for hydroxylation is 1. The van der Waals surface area contributed by atoms with Crippen molar-refractivity contribution < 1.29 is 4.92 Å². The maximum absolute atomic E-state index is 11.3. The van der Waals surface area contributed by atoms with Gasteiger partial charge in [-0.1, -0.05) is 12.1 Å². The molecule has 2 heterocycles. The van der Waals surface area contributed by atoms with Gasteiger partial charge in [0.05, 0.1) is 16.1 Å². The first-order chi connectivity index (χ1) is 10.1. The van der Waals surface area contributed by atoms with Crippen molar-refractivity contribution in [3.63, 3.8) is 0 Å². The van der Waals surface area contributed by atoms with E-state index >= 15 is 0 Å². The van der Waals surface area contributed by atoms with Gasteiger partial charge < -0.3 is 0 Å². The fourth-order valence-electron chi connectivity index (χ4n) is 2.22. The van der Waals surface area contributed by atoms with Crippen LogP contribution in [-0.4, -0.2) is 19.5 Å². The first-order valence-electron chi connectivity index (χ1n) is 6.11. The molecule has 0 saturated carbocycles. The molecule has 0 aliphatic carbocycles. The number of fused-ring (bicyclic) bond motifs is 1. The van der Waals surface area contributed by atoms with Crippen molar-refractivity contribution in [1.29, 1.82) is 5.26 Å². The van der Waals surface area contributed by atoms with Gasteiger partial charge in [-0.25, -0.2) is 0 Å². The summed E-state index contributed by atoms with van der Waals surface area (Å²) in [6.45, 7) is 1.67. The first-order valence-corrected chi connectivity index (χ1v) is 6.11. The monoisotopic (exact) mass is 279 g/mol. The number of rotatable bonds is 2. The zero-order chi connectivity index (χ0) is 15.0. The normalized spacial score (nSPS) is 10.5. The van der Waals surface area contributed by atoms with E-state index in [2.05, 4.69) is 10.2 Å². The van der Waals surface area contributed by atoms with Crippen LogP contribution in [0.3, 0.4) is 0 Å². The number of benzene rings is 1. The Bertz CT molecular complexity index is 907. The van der Waals surface area contributed by atoms with Crippen molar-refractivity contribution in [2.45, 2.75) is 6.92 Å². The molecule has 7 nitrogen and oxygen atoms in total. The minimum atomic E-state index is -0.431. The van der Waals surface area contributed by atoms with Crippen molar-refractivity contribution in [3.05, 3.63) is 57.8 Å². The molecular formula is C14H9N5O2. The van der Waals surface area contributed by atoms with E-state index in [4.69, 9.17) is 5.26 Å². The van der Waals surface area contributed by atoms with E-state index in [-0.39, 0.29) is 5.69 Å². The molecule has 0 amide bonds. The summed E-state index contributed by atoms with van der Waals surface area (Å²) < 4.78 is 1.58. The quantitative estimate of drug-likeness (QED) is 0.530. The minimum absolute atomic E-state index is 0.00541. The predicted molar refractivity (Wildman–Crippen MR) is 74.5 cm³/mol. The second-order valence-electron chi connectivity index (χ2n) is 4.51. The first kappa shape index (κ1) is 12.7. The molecule has 3 aromatic rings. The van der Waals surface area contributed by atoms with Crippen LogP contribution in [0.1, 0.15) is 11.1 Å². The Hall–Kier alpha value is -3.27. The molecule has 0 spiro atoms. The van der Waals surface area contributed by atoms with E-state index in [9.17, 15) is 10.1 Å². The number of aromatic nitrogens is 3. The lowest BCUT2D eigenvalue weighted by Gasteiger charge is -2.04. The second-order valence-corrected chi connectivity index (χ2v) is 4.51. The third-order valence-electron chi connectivity index (χ3n) is 3.19. The van der Waals surface area contributed by atoms with Gasteiger partial charge in [-0.2, -0.15) is 5.26 Å². The van der Waals surface area contributed by atoms with Crippen molar-refractivity contribution in [2.75, 3.05) is 0 Å². The van der Waals surface area contributed by atoms with Gasteiger partial charge in [-0.05, 0) is 25.1 Å². The minimum Gasteiger partial charge on any atom is -0.281 e. The number of nitriles is 1. The Labute approximate surface area is 119 Å². The number of hydrogen-bond acceptors (Lipinski definition) is 5. The predicted octanol–water partition coefficient (Wildman–Crippen LogP) is 2.48. The van der Waals surface area contributed by atoms with Crippen molar-refractivity contribution in [1.82, 2.24) is 14.6 Å². The summed E-state index contributed by atoms with van der Waals surface area (Å²) in [4.78, 5) is 10.9. The highest BCUT2D eigenvalue weighted by molar-refractivity contribution is 5.72. The Kier molecular flexibility index (Phi) is 2.84. The van der Waals surface area contributed by atoms with Crippen LogP contribution in [0.5, 0.6) is 0 Å².